The van der Waals surface area contributed by atoms with Crippen molar-refractivity contribution >= 4 is 6.21 Å². The summed E-state index contributed by atoms with van der Waals surface area (Å²) in [6.07, 6.45) is 1.75. The van der Waals surface area contributed by atoms with E-state index in [0.717, 1.165) is 38.3 Å². The van der Waals surface area contributed by atoms with Gasteiger partial charge in [0.1, 0.15) is 12.3 Å². The fourth-order valence-electron chi connectivity index (χ4n) is 2.84. The van der Waals surface area contributed by atoms with Gasteiger partial charge in [-0.3, -0.25) is 5.01 Å². The molecule has 1 aliphatic heterocycles. The minimum absolute atomic E-state index is 0.278. The number of nitrogens with zero attached hydrogens (tertiary/aromatic N) is 2. The van der Waals surface area contributed by atoms with E-state index >= 15 is 0 Å². The van der Waals surface area contributed by atoms with E-state index in [9.17, 15) is 5.11 Å². The summed E-state index contributed by atoms with van der Waals surface area (Å²) in [4.78, 5) is 1.60. The zero-order valence-corrected chi connectivity index (χ0v) is 13.6. The van der Waals surface area contributed by atoms with Crippen LogP contribution in [0, 0.1) is 6.92 Å². The molecule has 0 unspecified atom stereocenters. The molecule has 0 atom stereocenters. The van der Waals surface area contributed by atoms with Gasteiger partial charge in [-0.1, -0.05) is 42.0 Å². The summed E-state index contributed by atoms with van der Waals surface area (Å²) in [7, 11) is 0. The molecule has 4 nitrogen and oxygen atoms in total. The average Bonchev–Trinajstić information content (AvgIpc) is 2.58. The SMILES string of the molecule is Cc1ccc(C[NH+]2CCN(/N=C/c3ccccc3O)CC2)cc1. The molecule has 1 fully saturated rings. The van der Waals surface area contributed by atoms with E-state index in [2.05, 4.69) is 41.3 Å². The molecule has 2 N–H and O–H groups in total. The van der Waals surface area contributed by atoms with Gasteiger partial charge < -0.3 is 10.0 Å². The number of phenolic OH excluding ortho intramolecular Hbond substituents is 1. The number of hydrogen-bond acceptors (Lipinski definition) is 3. The Morgan fingerprint density at radius 3 is 2.48 bits per heavy atom. The van der Waals surface area contributed by atoms with Crippen molar-refractivity contribution < 1.29 is 10.0 Å². The summed E-state index contributed by atoms with van der Waals surface area (Å²) in [5.41, 5.74) is 3.48. The van der Waals surface area contributed by atoms with Gasteiger partial charge in [-0.15, -0.1) is 0 Å². The van der Waals surface area contributed by atoms with Gasteiger partial charge in [-0.05, 0) is 19.1 Å². The van der Waals surface area contributed by atoms with Gasteiger partial charge in [0, 0.05) is 11.1 Å². The predicted molar refractivity (Wildman–Crippen MR) is 92.9 cm³/mol. The zero-order valence-electron chi connectivity index (χ0n) is 13.6. The minimum atomic E-state index is 0.278. The molecule has 0 aliphatic carbocycles. The largest absolute Gasteiger partial charge is 0.507 e. The third kappa shape index (κ3) is 4.33. The van der Waals surface area contributed by atoms with Crippen LogP contribution in [0.3, 0.4) is 0 Å². The van der Waals surface area contributed by atoms with Crippen LogP contribution in [-0.2, 0) is 6.54 Å². The number of rotatable bonds is 4. The molecule has 0 aromatic heterocycles. The normalized spacial score (nSPS) is 16.1. The van der Waals surface area contributed by atoms with Crippen molar-refractivity contribution in [3.8, 4) is 5.75 Å². The lowest BCUT2D eigenvalue weighted by molar-refractivity contribution is -0.918. The quantitative estimate of drug-likeness (QED) is 0.839. The van der Waals surface area contributed by atoms with Crippen LogP contribution in [0.5, 0.6) is 5.75 Å². The predicted octanol–water partition coefficient (Wildman–Crippen LogP) is 1.44. The molecule has 0 saturated carbocycles. The number of aromatic hydroxyl groups is 1. The van der Waals surface area contributed by atoms with Gasteiger partial charge in [0.2, 0.25) is 0 Å². The molecule has 0 radical (unpaired) electrons. The molecule has 23 heavy (non-hydrogen) atoms. The number of nitrogens with one attached hydrogen (secondary N) is 1. The number of para-hydroxylation sites is 1. The Kier molecular flexibility index (Phi) is 4.93. The Labute approximate surface area is 137 Å². The van der Waals surface area contributed by atoms with Crippen LogP contribution in [0.1, 0.15) is 16.7 Å². The van der Waals surface area contributed by atoms with Crippen molar-refractivity contribution in [3.05, 3.63) is 65.2 Å². The van der Waals surface area contributed by atoms with E-state index in [1.807, 2.05) is 18.2 Å². The van der Waals surface area contributed by atoms with Crippen molar-refractivity contribution in [2.75, 3.05) is 26.2 Å². The first-order valence-corrected chi connectivity index (χ1v) is 8.17. The summed E-state index contributed by atoms with van der Waals surface area (Å²) >= 11 is 0. The molecule has 2 aromatic carbocycles. The van der Waals surface area contributed by atoms with Crippen LogP contribution in [0.2, 0.25) is 0 Å². The van der Waals surface area contributed by atoms with Gasteiger partial charge in [0.05, 0.1) is 32.4 Å². The summed E-state index contributed by atoms with van der Waals surface area (Å²) in [6, 6.07) is 16.1. The maximum Gasteiger partial charge on any atom is 0.124 e. The molecular formula is C19H24N3O+. The molecule has 3 rings (SSSR count). The Morgan fingerprint density at radius 2 is 1.78 bits per heavy atom. The fourth-order valence-corrected chi connectivity index (χ4v) is 2.84. The molecule has 0 amide bonds. The molecule has 1 heterocycles. The van der Waals surface area contributed by atoms with Crippen LogP contribution in [0.25, 0.3) is 0 Å². The summed E-state index contributed by atoms with van der Waals surface area (Å²) in [5.74, 6) is 0.278. The molecule has 0 spiro atoms. The zero-order chi connectivity index (χ0) is 16.1. The van der Waals surface area contributed by atoms with Crippen molar-refractivity contribution in [1.29, 1.82) is 0 Å². The van der Waals surface area contributed by atoms with Crippen LogP contribution in [0.15, 0.2) is 53.6 Å². The number of phenols is 1. The molecule has 120 valence electrons. The lowest BCUT2D eigenvalue weighted by atomic mass is 10.1. The second kappa shape index (κ2) is 7.29. The summed E-state index contributed by atoms with van der Waals surface area (Å²) in [6.45, 7) is 7.28. The topological polar surface area (TPSA) is 40.3 Å². The molecule has 0 bridgehead atoms. The van der Waals surface area contributed by atoms with Crippen LogP contribution in [-0.4, -0.2) is 42.5 Å². The van der Waals surface area contributed by atoms with Gasteiger partial charge in [0.15, 0.2) is 0 Å². The Hall–Kier alpha value is -2.33. The van der Waals surface area contributed by atoms with Crippen molar-refractivity contribution in [3.63, 3.8) is 0 Å². The van der Waals surface area contributed by atoms with Crippen molar-refractivity contribution in [2.24, 2.45) is 5.10 Å². The molecule has 4 heteroatoms. The number of piperazine rings is 1. The van der Waals surface area contributed by atoms with Crippen LogP contribution >= 0.6 is 0 Å². The van der Waals surface area contributed by atoms with E-state index < -0.39 is 0 Å². The Morgan fingerprint density at radius 1 is 1.09 bits per heavy atom. The van der Waals surface area contributed by atoms with E-state index in [-0.39, 0.29) is 5.75 Å². The molecule has 1 aliphatic rings. The van der Waals surface area contributed by atoms with Crippen molar-refractivity contribution in [2.45, 2.75) is 13.5 Å². The number of hydrazone groups is 1. The summed E-state index contributed by atoms with van der Waals surface area (Å²) in [5, 5.41) is 16.3. The molecular weight excluding hydrogens is 286 g/mol. The summed E-state index contributed by atoms with van der Waals surface area (Å²) < 4.78 is 0. The number of aryl methyl sites for hydroxylation is 1. The highest BCUT2D eigenvalue weighted by atomic mass is 16.3. The molecule has 2 aromatic rings. The second-order valence-electron chi connectivity index (χ2n) is 6.17. The maximum atomic E-state index is 9.75. The second-order valence-corrected chi connectivity index (χ2v) is 6.17. The average molecular weight is 310 g/mol. The number of quaternary nitrogens is 1. The number of hydrogen-bond donors (Lipinski definition) is 2. The lowest BCUT2D eigenvalue weighted by Crippen LogP contribution is -3.13. The van der Waals surface area contributed by atoms with Gasteiger partial charge in [0.25, 0.3) is 0 Å². The van der Waals surface area contributed by atoms with Gasteiger partial charge >= 0.3 is 0 Å². The van der Waals surface area contributed by atoms with E-state index in [1.165, 1.54) is 11.1 Å². The third-order valence-corrected chi connectivity index (χ3v) is 4.32. The monoisotopic (exact) mass is 310 g/mol. The first kappa shape index (κ1) is 15.6. The highest BCUT2D eigenvalue weighted by molar-refractivity contribution is 5.82. The lowest BCUT2D eigenvalue weighted by Gasteiger charge is -2.30. The fraction of sp³-hybridized carbons (Fsp3) is 0.316. The number of benzene rings is 2. The highest BCUT2D eigenvalue weighted by Crippen LogP contribution is 2.13. The first-order valence-electron chi connectivity index (χ1n) is 8.17. The Bertz CT molecular complexity index is 659. The van der Waals surface area contributed by atoms with E-state index in [0.29, 0.717) is 0 Å². The third-order valence-electron chi connectivity index (χ3n) is 4.32. The van der Waals surface area contributed by atoms with Gasteiger partial charge in [-0.2, -0.15) is 5.10 Å². The molecule has 1 saturated heterocycles. The van der Waals surface area contributed by atoms with Crippen molar-refractivity contribution in [1.82, 2.24) is 5.01 Å². The Balaban J connectivity index is 1.50. The van der Waals surface area contributed by atoms with Gasteiger partial charge in [-0.25, -0.2) is 0 Å². The van der Waals surface area contributed by atoms with E-state index in [4.69, 9.17) is 0 Å². The van der Waals surface area contributed by atoms with Crippen LogP contribution in [0.4, 0.5) is 0 Å². The first-order chi connectivity index (χ1) is 11.2. The van der Waals surface area contributed by atoms with Crippen LogP contribution < -0.4 is 4.90 Å². The smallest absolute Gasteiger partial charge is 0.124 e. The standard InChI is InChI=1S/C19H23N3O/c1-16-6-8-17(9-7-16)15-21-10-12-22(13-11-21)20-14-18-4-2-3-5-19(18)23/h2-9,14,23H,10-13,15H2,1H3/p+1/b20-14+. The van der Waals surface area contributed by atoms with E-state index in [1.54, 1.807) is 17.2 Å². The minimum Gasteiger partial charge on any atom is -0.507 e. The maximum absolute atomic E-state index is 9.75. The highest BCUT2D eigenvalue weighted by Gasteiger charge is 2.18.